The molecule has 1 saturated heterocycles. The Labute approximate surface area is 131 Å². The van der Waals surface area contributed by atoms with E-state index in [9.17, 15) is 4.79 Å². The molecule has 0 radical (unpaired) electrons. The zero-order valence-corrected chi connectivity index (χ0v) is 13.5. The average Bonchev–Trinajstić information content (AvgIpc) is 2.74. The van der Waals surface area contributed by atoms with Crippen LogP contribution in [-0.4, -0.2) is 30.1 Å². The SMILES string of the molecule is CC#CC1OC(C)(C)OC1CC(C)OC(=O)c1ccccc1. The number of benzene rings is 1. The Bertz CT molecular complexity index is 568. The lowest BCUT2D eigenvalue weighted by atomic mass is 10.1. The van der Waals surface area contributed by atoms with Crippen LogP contribution in [-0.2, 0) is 14.2 Å². The maximum atomic E-state index is 12.0. The van der Waals surface area contributed by atoms with Gasteiger partial charge in [0.05, 0.1) is 5.56 Å². The Balaban J connectivity index is 1.94. The summed E-state index contributed by atoms with van der Waals surface area (Å²) in [5.74, 6) is 4.86. The van der Waals surface area contributed by atoms with Gasteiger partial charge in [-0.05, 0) is 39.8 Å². The first-order chi connectivity index (χ1) is 10.4. The fourth-order valence-corrected chi connectivity index (χ4v) is 2.47. The van der Waals surface area contributed by atoms with Crippen molar-refractivity contribution in [3.8, 4) is 11.8 Å². The van der Waals surface area contributed by atoms with E-state index in [1.807, 2.05) is 39.0 Å². The normalized spacial score (nSPS) is 24.2. The van der Waals surface area contributed by atoms with Crippen molar-refractivity contribution >= 4 is 5.97 Å². The van der Waals surface area contributed by atoms with Crippen LogP contribution in [0.1, 0.15) is 44.5 Å². The molecule has 0 spiro atoms. The summed E-state index contributed by atoms with van der Waals surface area (Å²) >= 11 is 0. The molecule has 1 aliphatic rings. The third-order valence-corrected chi connectivity index (χ3v) is 3.35. The van der Waals surface area contributed by atoms with Gasteiger partial charge < -0.3 is 14.2 Å². The molecule has 0 aliphatic carbocycles. The molecule has 22 heavy (non-hydrogen) atoms. The van der Waals surface area contributed by atoms with Gasteiger partial charge in [-0.3, -0.25) is 0 Å². The van der Waals surface area contributed by atoms with E-state index in [1.165, 1.54) is 0 Å². The molecule has 1 fully saturated rings. The standard InChI is InChI=1S/C18H22O4/c1-5-9-15-16(22-18(3,4)21-15)12-13(2)20-17(19)14-10-7-6-8-11-14/h6-8,10-11,13,15-16H,12H2,1-4H3. The van der Waals surface area contributed by atoms with E-state index in [4.69, 9.17) is 14.2 Å². The number of carbonyl (C=O) groups is 1. The lowest BCUT2D eigenvalue weighted by Crippen LogP contribution is -2.28. The molecule has 1 aromatic rings. The number of carbonyl (C=O) groups excluding carboxylic acids is 1. The van der Waals surface area contributed by atoms with Crippen LogP contribution in [0, 0.1) is 11.8 Å². The monoisotopic (exact) mass is 302 g/mol. The first-order valence-electron chi connectivity index (χ1n) is 7.45. The van der Waals surface area contributed by atoms with Crippen molar-refractivity contribution in [2.24, 2.45) is 0 Å². The van der Waals surface area contributed by atoms with Crippen LogP contribution in [0.4, 0.5) is 0 Å². The second-order valence-electron chi connectivity index (χ2n) is 5.81. The minimum absolute atomic E-state index is 0.207. The highest BCUT2D eigenvalue weighted by Gasteiger charge is 2.41. The largest absolute Gasteiger partial charge is 0.459 e. The summed E-state index contributed by atoms with van der Waals surface area (Å²) in [4.78, 5) is 12.0. The number of rotatable bonds is 4. The summed E-state index contributed by atoms with van der Waals surface area (Å²) in [6.45, 7) is 7.34. The van der Waals surface area contributed by atoms with Crippen molar-refractivity contribution in [2.75, 3.05) is 0 Å². The van der Waals surface area contributed by atoms with Gasteiger partial charge in [-0.2, -0.15) is 0 Å². The molecule has 0 aromatic heterocycles. The third kappa shape index (κ3) is 4.33. The highest BCUT2D eigenvalue weighted by atomic mass is 16.7. The molecule has 0 amide bonds. The van der Waals surface area contributed by atoms with Crippen molar-refractivity contribution in [2.45, 2.75) is 58.2 Å². The summed E-state index contributed by atoms with van der Waals surface area (Å²) in [7, 11) is 0. The minimum Gasteiger partial charge on any atom is -0.459 e. The zero-order valence-electron chi connectivity index (χ0n) is 13.5. The van der Waals surface area contributed by atoms with E-state index in [0.29, 0.717) is 12.0 Å². The molecular formula is C18H22O4. The molecular weight excluding hydrogens is 280 g/mol. The van der Waals surface area contributed by atoms with Gasteiger partial charge in [0.2, 0.25) is 0 Å². The number of esters is 1. The van der Waals surface area contributed by atoms with Gasteiger partial charge >= 0.3 is 5.97 Å². The summed E-state index contributed by atoms with van der Waals surface area (Å²) in [6.07, 6.45) is -0.239. The molecule has 0 bridgehead atoms. The molecule has 1 aromatic carbocycles. The maximum Gasteiger partial charge on any atom is 0.338 e. The molecule has 3 atom stereocenters. The predicted octanol–water partition coefficient (Wildman–Crippen LogP) is 3.17. The van der Waals surface area contributed by atoms with Crippen LogP contribution >= 0.6 is 0 Å². The van der Waals surface area contributed by atoms with E-state index in [-0.39, 0.29) is 24.3 Å². The molecule has 118 valence electrons. The van der Waals surface area contributed by atoms with E-state index >= 15 is 0 Å². The Morgan fingerprint density at radius 2 is 2.00 bits per heavy atom. The summed E-state index contributed by atoms with van der Waals surface area (Å²) in [6, 6.07) is 8.95. The van der Waals surface area contributed by atoms with Gasteiger partial charge in [0.15, 0.2) is 5.79 Å². The van der Waals surface area contributed by atoms with Crippen molar-refractivity contribution < 1.29 is 19.0 Å². The predicted molar refractivity (Wildman–Crippen MR) is 83.2 cm³/mol. The van der Waals surface area contributed by atoms with Gasteiger partial charge in [0.1, 0.15) is 18.3 Å². The third-order valence-electron chi connectivity index (χ3n) is 3.35. The van der Waals surface area contributed by atoms with Crippen molar-refractivity contribution in [1.29, 1.82) is 0 Å². The van der Waals surface area contributed by atoms with E-state index in [0.717, 1.165) is 0 Å². The van der Waals surface area contributed by atoms with Gasteiger partial charge in [-0.15, -0.1) is 5.92 Å². The lowest BCUT2D eigenvalue weighted by molar-refractivity contribution is -0.144. The Morgan fingerprint density at radius 1 is 1.32 bits per heavy atom. The Morgan fingerprint density at radius 3 is 2.64 bits per heavy atom. The first-order valence-corrected chi connectivity index (χ1v) is 7.45. The van der Waals surface area contributed by atoms with Gasteiger partial charge in [-0.25, -0.2) is 4.79 Å². The average molecular weight is 302 g/mol. The molecule has 3 unspecified atom stereocenters. The van der Waals surface area contributed by atoms with Crippen LogP contribution in [0.5, 0.6) is 0 Å². The fourth-order valence-electron chi connectivity index (χ4n) is 2.47. The van der Waals surface area contributed by atoms with Gasteiger partial charge in [0.25, 0.3) is 0 Å². The van der Waals surface area contributed by atoms with E-state index < -0.39 is 5.79 Å². The summed E-state index contributed by atoms with van der Waals surface area (Å²) < 4.78 is 17.1. The van der Waals surface area contributed by atoms with Crippen LogP contribution in [0.15, 0.2) is 30.3 Å². The van der Waals surface area contributed by atoms with Crippen LogP contribution in [0.25, 0.3) is 0 Å². The summed E-state index contributed by atoms with van der Waals surface area (Å²) in [5, 5.41) is 0. The van der Waals surface area contributed by atoms with E-state index in [2.05, 4.69) is 11.8 Å². The molecule has 4 nitrogen and oxygen atoms in total. The summed E-state index contributed by atoms with van der Waals surface area (Å²) in [5.41, 5.74) is 0.545. The molecule has 4 heteroatoms. The molecule has 1 heterocycles. The highest BCUT2D eigenvalue weighted by Crippen LogP contribution is 2.30. The fraction of sp³-hybridized carbons (Fsp3) is 0.500. The van der Waals surface area contributed by atoms with Crippen LogP contribution in [0.3, 0.4) is 0 Å². The quantitative estimate of drug-likeness (QED) is 0.633. The van der Waals surface area contributed by atoms with Crippen LogP contribution in [0.2, 0.25) is 0 Å². The second-order valence-corrected chi connectivity index (χ2v) is 5.81. The number of ether oxygens (including phenoxy) is 3. The minimum atomic E-state index is -0.664. The Hall–Kier alpha value is -1.83. The van der Waals surface area contributed by atoms with Crippen molar-refractivity contribution in [1.82, 2.24) is 0 Å². The second kappa shape index (κ2) is 6.95. The Kier molecular flexibility index (Phi) is 5.23. The molecule has 0 saturated carbocycles. The zero-order chi connectivity index (χ0) is 16.2. The van der Waals surface area contributed by atoms with Crippen LogP contribution < -0.4 is 0 Å². The molecule has 2 rings (SSSR count). The van der Waals surface area contributed by atoms with Crippen molar-refractivity contribution in [3.05, 3.63) is 35.9 Å². The van der Waals surface area contributed by atoms with Crippen molar-refractivity contribution in [3.63, 3.8) is 0 Å². The lowest BCUT2D eigenvalue weighted by Gasteiger charge is -2.19. The van der Waals surface area contributed by atoms with Gasteiger partial charge in [-0.1, -0.05) is 24.1 Å². The topological polar surface area (TPSA) is 44.8 Å². The van der Waals surface area contributed by atoms with E-state index in [1.54, 1.807) is 19.1 Å². The maximum absolute atomic E-state index is 12.0. The molecule has 1 aliphatic heterocycles. The molecule has 0 N–H and O–H groups in total. The first kappa shape index (κ1) is 16.5. The number of hydrogen-bond acceptors (Lipinski definition) is 4. The smallest absolute Gasteiger partial charge is 0.338 e. The number of hydrogen-bond donors (Lipinski definition) is 0. The van der Waals surface area contributed by atoms with Gasteiger partial charge in [0, 0.05) is 6.42 Å². The highest BCUT2D eigenvalue weighted by molar-refractivity contribution is 5.89.